The molecular formula is C37H45ClN2O9. The predicted molar refractivity (Wildman–Crippen MR) is 185 cm³/mol. The molecule has 0 saturated carbocycles. The van der Waals surface area contributed by atoms with E-state index in [4.69, 9.17) is 40.4 Å². The molecule has 3 aromatic carbocycles. The maximum absolute atomic E-state index is 11.4. The molecule has 6 rings (SSSR count). The molecule has 0 unspecified atom stereocenters. The van der Waals surface area contributed by atoms with Gasteiger partial charge in [-0.2, -0.15) is 0 Å². The molecule has 0 amide bonds. The molecule has 3 aliphatic rings. The van der Waals surface area contributed by atoms with Gasteiger partial charge in [0.2, 0.25) is 0 Å². The van der Waals surface area contributed by atoms with Gasteiger partial charge in [0.15, 0.2) is 17.1 Å². The van der Waals surface area contributed by atoms with Gasteiger partial charge in [0, 0.05) is 37.8 Å². The van der Waals surface area contributed by atoms with Crippen molar-refractivity contribution in [2.24, 2.45) is 0 Å². The number of fused-ring (bicyclic) bond motifs is 1. The summed E-state index contributed by atoms with van der Waals surface area (Å²) in [5.74, 6) is 1.68. The third kappa shape index (κ3) is 9.36. The molecule has 0 radical (unpaired) electrons. The summed E-state index contributed by atoms with van der Waals surface area (Å²) in [7, 11) is 0. The minimum Gasteiger partial charge on any atom is -0.492 e. The van der Waals surface area contributed by atoms with Crippen LogP contribution in [-0.4, -0.2) is 95.7 Å². The summed E-state index contributed by atoms with van der Waals surface area (Å²) in [6.45, 7) is 8.21. The maximum Gasteiger partial charge on any atom is 0.335 e. The molecule has 3 heterocycles. The first kappa shape index (κ1) is 36.3. The summed E-state index contributed by atoms with van der Waals surface area (Å²) >= 11 is 6.82. The number of carboxylic acids is 1. The van der Waals surface area contributed by atoms with Crippen LogP contribution in [0, 0.1) is 6.92 Å². The van der Waals surface area contributed by atoms with Crippen LogP contribution in [0.1, 0.15) is 48.8 Å². The number of benzene rings is 3. The average Bonchev–Trinajstić information content (AvgIpc) is 3.10. The molecule has 11 nitrogen and oxygen atoms in total. The topological polar surface area (TPSA) is 138 Å². The SMILES string of the molecule is Cc1c(COc2cc(OCCN3CCC(O)(C(=O)O)CC3)c(CN3CCCCC3)cc2Cl)cccc1-c1ccc2c(c1)OCCO2.O=CO. The van der Waals surface area contributed by atoms with Gasteiger partial charge in [0.05, 0.1) is 5.02 Å². The molecule has 2 saturated heterocycles. The molecule has 0 aromatic heterocycles. The van der Waals surface area contributed by atoms with Crippen molar-refractivity contribution in [3.63, 3.8) is 0 Å². The summed E-state index contributed by atoms with van der Waals surface area (Å²) in [6, 6.07) is 16.1. The molecule has 3 aliphatic heterocycles. The van der Waals surface area contributed by atoms with Gasteiger partial charge in [-0.05, 0) is 86.1 Å². The number of ether oxygens (including phenoxy) is 4. The van der Waals surface area contributed by atoms with Crippen molar-refractivity contribution in [2.75, 3.05) is 52.5 Å². The molecule has 264 valence electrons. The molecule has 3 N–H and O–H groups in total. The van der Waals surface area contributed by atoms with Crippen LogP contribution in [0.5, 0.6) is 23.0 Å². The average molecular weight is 697 g/mol. The number of piperidine rings is 2. The monoisotopic (exact) mass is 696 g/mol. The first-order chi connectivity index (χ1) is 23.7. The number of likely N-dealkylation sites (tertiary alicyclic amines) is 2. The van der Waals surface area contributed by atoms with E-state index in [1.807, 2.05) is 30.3 Å². The van der Waals surface area contributed by atoms with Crippen molar-refractivity contribution >= 4 is 24.0 Å². The van der Waals surface area contributed by atoms with E-state index in [-0.39, 0.29) is 19.3 Å². The minimum atomic E-state index is -1.64. The highest BCUT2D eigenvalue weighted by molar-refractivity contribution is 6.32. The lowest BCUT2D eigenvalue weighted by atomic mass is 9.92. The molecule has 12 heteroatoms. The van der Waals surface area contributed by atoms with Crippen LogP contribution in [0.4, 0.5) is 0 Å². The molecule has 0 atom stereocenters. The number of halogens is 1. The van der Waals surface area contributed by atoms with Gasteiger partial charge >= 0.3 is 5.97 Å². The molecule has 2 fully saturated rings. The second kappa shape index (κ2) is 17.1. The first-order valence-corrected chi connectivity index (χ1v) is 17.1. The van der Waals surface area contributed by atoms with E-state index in [2.05, 4.69) is 34.9 Å². The van der Waals surface area contributed by atoms with Crippen LogP contribution >= 0.6 is 11.6 Å². The van der Waals surface area contributed by atoms with E-state index in [9.17, 15) is 15.0 Å². The van der Waals surface area contributed by atoms with Crippen LogP contribution in [0.15, 0.2) is 48.5 Å². The van der Waals surface area contributed by atoms with Gasteiger partial charge in [-0.15, -0.1) is 0 Å². The number of nitrogens with zero attached hydrogens (tertiary/aromatic N) is 2. The zero-order valence-corrected chi connectivity index (χ0v) is 28.6. The van der Waals surface area contributed by atoms with E-state index >= 15 is 0 Å². The Morgan fingerprint density at radius 3 is 2.35 bits per heavy atom. The Balaban J connectivity index is 0.00000151. The van der Waals surface area contributed by atoms with Crippen LogP contribution in [-0.2, 0) is 22.7 Å². The molecule has 49 heavy (non-hydrogen) atoms. The molecular weight excluding hydrogens is 652 g/mol. The van der Waals surface area contributed by atoms with E-state index in [1.54, 1.807) is 0 Å². The minimum absolute atomic E-state index is 0.205. The third-order valence-electron chi connectivity index (χ3n) is 9.39. The number of rotatable bonds is 11. The highest BCUT2D eigenvalue weighted by atomic mass is 35.5. The summed E-state index contributed by atoms with van der Waals surface area (Å²) in [5.41, 5.74) is 3.71. The van der Waals surface area contributed by atoms with E-state index in [0.29, 0.717) is 56.8 Å². The van der Waals surface area contributed by atoms with Gasteiger partial charge in [-0.3, -0.25) is 14.6 Å². The largest absolute Gasteiger partial charge is 0.492 e. The van der Waals surface area contributed by atoms with Gasteiger partial charge in [-0.25, -0.2) is 4.79 Å². The normalized spacial score (nSPS) is 17.4. The van der Waals surface area contributed by atoms with Crippen molar-refractivity contribution in [3.05, 3.63) is 70.2 Å². The third-order valence-corrected chi connectivity index (χ3v) is 9.68. The Morgan fingerprint density at radius 2 is 1.63 bits per heavy atom. The van der Waals surface area contributed by atoms with Crippen molar-refractivity contribution < 1.29 is 43.9 Å². The second-order valence-electron chi connectivity index (χ2n) is 12.6. The lowest BCUT2D eigenvalue weighted by molar-refractivity contribution is -0.163. The Bertz CT molecular complexity index is 1590. The van der Waals surface area contributed by atoms with Crippen LogP contribution in [0.25, 0.3) is 11.1 Å². The van der Waals surface area contributed by atoms with Crippen molar-refractivity contribution in [1.82, 2.24) is 9.80 Å². The fraction of sp³-hybridized carbons (Fsp3) is 0.459. The Labute approximate surface area is 291 Å². The fourth-order valence-corrected chi connectivity index (χ4v) is 6.71. The second-order valence-corrected chi connectivity index (χ2v) is 13.0. The number of aliphatic hydroxyl groups is 1. The molecule has 3 aromatic rings. The number of hydrogen-bond acceptors (Lipinski definition) is 9. The van der Waals surface area contributed by atoms with Gasteiger partial charge in [0.1, 0.15) is 37.9 Å². The number of aliphatic carboxylic acids is 1. The quantitative estimate of drug-likeness (QED) is 0.215. The van der Waals surface area contributed by atoms with Crippen LogP contribution in [0.3, 0.4) is 0 Å². The van der Waals surface area contributed by atoms with Crippen molar-refractivity contribution in [1.29, 1.82) is 0 Å². The van der Waals surface area contributed by atoms with Gasteiger partial charge in [-0.1, -0.05) is 42.3 Å². The Morgan fingerprint density at radius 1 is 0.918 bits per heavy atom. The lowest BCUT2D eigenvalue weighted by Gasteiger charge is -2.35. The van der Waals surface area contributed by atoms with Gasteiger partial charge in [0.25, 0.3) is 6.47 Å². The van der Waals surface area contributed by atoms with Gasteiger partial charge < -0.3 is 34.3 Å². The smallest absolute Gasteiger partial charge is 0.335 e. The molecule has 0 aliphatic carbocycles. The lowest BCUT2D eigenvalue weighted by Crippen LogP contribution is -2.50. The molecule has 0 spiro atoms. The highest BCUT2D eigenvalue weighted by Gasteiger charge is 2.39. The van der Waals surface area contributed by atoms with E-state index in [0.717, 1.165) is 64.7 Å². The number of carboxylic acid groups (broad SMARTS) is 2. The zero-order valence-electron chi connectivity index (χ0n) is 27.9. The number of carbonyl (C=O) groups is 2. The summed E-state index contributed by atoms with van der Waals surface area (Å²) < 4.78 is 24.2. The summed E-state index contributed by atoms with van der Waals surface area (Å²) in [6.07, 6.45) is 4.05. The van der Waals surface area contributed by atoms with Crippen molar-refractivity contribution in [2.45, 2.75) is 57.8 Å². The number of hydrogen-bond donors (Lipinski definition) is 3. The highest BCUT2D eigenvalue weighted by Crippen LogP contribution is 2.38. The summed E-state index contributed by atoms with van der Waals surface area (Å²) in [4.78, 5) is 24.3. The van der Waals surface area contributed by atoms with Crippen LogP contribution in [0.2, 0.25) is 5.02 Å². The standard InChI is InChI=1S/C36H43ClN2O7.CH2O2/c1-25-27(6-5-7-29(25)26-8-9-31-34(21-26)45-19-18-44-31)24-46-33-22-32(28(20-30(33)37)23-39-12-3-2-4-13-39)43-17-16-38-14-10-36(42,11-15-38)35(40)41;2-1-3/h5-9,20-22,42H,2-4,10-19,23-24H2,1H3,(H,40,41);1H,(H,2,3). The van der Waals surface area contributed by atoms with Crippen LogP contribution < -0.4 is 18.9 Å². The Hall–Kier alpha value is -4.03. The maximum atomic E-state index is 11.4. The first-order valence-electron chi connectivity index (χ1n) is 16.8. The summed E-state index contributed by atoms with van der Waals surface area (Å²) in [5, 5.41) is 27.1. The zero-order chi connectivity index (χ0) is 34.8. The van der Waals surface area contributed by atoms with Crippen molar-refractivity contribution in [3.8, 4) is 34.1 Å². The Kier molecular flexibility index (Phi) is 12.6. The fourth-order valence-electron chi connectivity index (χ4n) is 6.47. The van der Waals surface area contributed by atoms with E-state index in [1.165, 1.54) is 19.3 Å². The predicted octanol–water partition coefficient (Wildman–Crippen LogP) is 5.64. The molecule has 0 bridgehead atoms. The van der Waals surface area contributed by atoms with E-state index < -0.39 is 11.6 Å².